The Hall–Kier alpha value is -3.32. The summed E-state index contributed by atoms with van der Waals surface area (Å²) < 4.78 is 40.5. The van der Waals surface area contributed by atoms with E-state index in [1.807, 2.05) is 36.4 Å². The summed E-state index contributed by atoms with van der Waals surface area (Å²) in [5.41, 5.74) is 3.36. The van der Waals surface area contributed by atoms with E-state index in [4.69, 9.17) is 5.26 Å². The first kappa shape index (κ1) is 19.4. The van der Waals surface area contributed by atoms with Gasteiger partial charge in [-0.05, 0) is 40.8 Å². The molecule has 0 saturated carbocycles. The molecule has 1 atom stereocenters. The molecule has 0 unspecified atom stereocenters. The zero-order chi connectivity index (χ0) is 20.0. The topological polar surface area (TPSA) is 23.8 Å². The lowest BCUT2D eigenvalue weighted by Gasteiger charge is -2.21. The fourth-order valence-corrected chi connectivity index (χ4v) is 2.97. The van der Waals surface area contributed by atoms with E-state index >= 15 is 0 Å². The van der Waals surface area contributed by atoms with Crippen molar-refractivity contribution in [3.05, 3.63) is 107 Å². The standard InChI is InChI=1S/C24H18F3N/c25-24(26,27)23(22-4-2-1-3-5-22)16-20-12-8-18(9-13-20)6-7-19-10-14-21(17-28)15-11-19/h1-15,23H,16H2/t23-/m1/s1. The highest BCUT2D eigenvalue weighted by Gasteiger charge is 2.40. The normalized spacial score (nSPS) is 12.6. The van der Waals surface area contributed by atoms with Gasteiger partial charge in [-0.3, -0.25) is 0 Å². The van der Waals surface area contributed by atoms with Gasteiger partial charge in [-0.2, -0.15) is 18.4 Å². The predicted octanol–water partition coefficient (Wildman–Crippen LogP) is 6.62. The molecule has 0 aliphatic rings. The Bertz CT molecular complexity index is 964. The Labute approximate surface area is 162 Å². The molecule has 0 aliphatic heterocycles. The first-order valence-corrected chi connectivity index (χ1v) is 8.84. The van der Waals surface area contributed by atoms with Gasteiger partial charge in [0.05, 0.1) is 17.6 Å². The van der Waals surface area contributed by atoms with Crippen molar-refractivity contribution in [3.63, 3.8) is 0 Å². The van der Waals surface area contributed by atoms with Crippen LogP contribution < -0.4 is 0 Å². The fourth-order valence-electron chi connectivity index (χ4n) is 2.97. The first-order chi connectivity index (χ1) is 13.5. The Balaban J connectivity index is 1.72. The minimum atomic E-state index is -4.30. The number of hydrogen-bond acceptors (Lipinski definition) is 1. The maximum Gasteiger partial charge on any atom is 0.396 e. The lowest BCUT2D eigenvalue weighted by atomic mass is 9.91. The van der Waals surface area contributed by atoms with Crippen LogP contribution in [0, 0.1) is 11.3 Å². The molecule has 3 aromatic carbocycles. The number of rotatable bonds is 5. The second kappa shape index (κ2) is 8.58. The molecule has 1 nitrogen and oxygen atoms in total. The summed E-state index contributed by atoms with van der Waals surface area (Å²) in [6.45, 7) is 0. The number of alkyl halides is 3. The highest BCUT2D eigenvalue weighted by molar-refractivity contribution is 5.69. The van der Waals surface area contributed by atoms with Gasteiger partial charge >= 0.3 is 6.18 Å². The van der Waals surface area contributed by atoms with Crippen LogP contribution >= 0.6 is 0 Å². The highest BCUT2D eigenvalue weighted by Crippen LogP contribution is 2.37. The van der Waals surface area contributed by atoms with Crippen molar-refractivity contribution in [1.29, 1.82) is 5.26 Å². The Morgan fingerprint density at radius 3 is 1.82 bits per heavy atom. The van der Waals surface area contributed by atoms with Crippen LogP contribution in [0.15, 0.2) is 78.9 Å². The van der Waals surface area contributed by atoms with Crippen LogP contribution in [0.4, 0.5) is 13.2 Å². The molecule has 0 aromatic heterocycles. The number of nitriles is 1. The summed E-state index contributed by atoms with van der Waals surface area (Å²) in [5, 5.41) is 8.81. The summed E-state index contributed by atoms with van der Waals surface area (Å²) in [7, 11) is 0. The van der Waals surface area contributed by atoms with Gasteiger partial charge in [0, 0.05) is 0 Å². The van der Waals surface area contributed by atoms with Crippen molar-refractivity contribution in [3.8, 4) is 6.07 Å². The third kappa shape index (κ3) is 5.11. The maximum atomic E-state index is 13.5. The van der Waals surface area contributed by atoms with Crippen molar-refractivity contribution in [2.75, 3.05) is 0 Å². The van der Waals surface area contributed by atoms with Gasteiger partial charge in [-0.1, -0.05) is 78.9 Å². The van der Waals surface area contributed by atoms with E-state index in [2.05, 4.69) is 6.07 Å². The smallest absolute Gasteiger partial charge is 0.192 e. The first-order valence-electron chi connectivity index (χ1n) is 8.84. The molecule has 0 radical (unpaired) electrons. The molecule has 3 aromatic rings. The zero-order valence-corrected chi connectivity index (χ0v) is 15.0. The summed E-state index contributed by atoms with van der Waals surface area (Å²) in [6, 6.07) is 24.4. The average Bonchev–Trinajstić information content (AvgIpc) is 2.71. The quantitative estimate of drug-likeness (QED) is 0.459. The lowest BCUT2D eigenvalue weighted by Crippen LogP contribution is -2.22. The Kier molecular flexibility index (Phi) is 5.96. The highest BCUT2D eigenvalue weighted by atomic mass is 19.4. The molecular formula is C24H18F3N. The number of benzene rings is 3. The van der Waals surface area contributed by atoms with Gasteiger partial charge < -0.3 is 0 Å². The molecule has 4 heteroatoms. The van der Waals surface area contributed by atoms with Crippen LogP contribution in [-0.2, 0) is 6.42 Å². The van der Waals surface area contributed by atoms with Crippen LogP contribution in [0.25, 0.3) is 12.2 Å². The summed E-state index contributed by atoms with van der Waals surface area (Å²) >= 11 is 0. The molecule has 0 bridgehead atoms. The fraction of sp³-hybridized carbons (Fsp3) is 0.125. The number of hydrogen-bond donors (Lipinski definition) is 0. The van der Waals surface area contributed by atoms with E-state index in [1.165, 1.54) is 12.1 Å². The van der Waals surface area contributed by atoms with Gasteiger partial charge in [-0.25, -0.2) is 0 Å². The molecule has 0 spiro atoms. The second-order valence-electron chi connectivity index (χ2n) is 6.52. The lowest BCUT2D eigenvalue weighted by molar-refractivity contribution is -0.150. The van der Waals surface area contributed by atoms with Crippen LogP contribution in [-0.4, -0.2) is 6.18 Å². The van der Waals surface area contributed by atoms with E-state index in [9.17, 15) is 13.2 Å². The van der Waals surface area contributed by atoms with Crippen LogP contribution in [0.5, 0.6) is 0 Å². The van der Waals surface area contributed by atoms with Gasteiger partial charge in [0.1, 0.15) is 0 Å². The zero-order valence-electron chi connectivity index (χ0n) is 15.0. The molecule has 0 saturated heterocycles. The van der Waals surface area contributed by atoms with E-state index in [1.54, 1.807) is 42.5 Å². The second-order valence-corrected chi connectivity index (χ2v) is 6.52. The van der Waals surface area contributed by atoms with Crippen LogP contribution in [0.3, 0.4) is 0 Å². The van der Waals surface area contributed by atoms with E-state index in [0.717, 1.165) is 11.1 Å². The molecule has 0 fully saturated rings. The number of nitrogens with zero attached hydrogens (tertiary/aromatic N) is 1. The van der Waals surface area contributed by atoms with Gasteiger partial charge in [0.2, 0.25) is 0 Å². The molecule has 0 N–H and O–H groups in total. The van der Waals surface area contributed by atoms with E-state index in [0.29, 0.717) is 11.1 Å². The van der Waals surface area contributed by atoms with Crippen molar-refractivity contribution in [1.82, 2.24) is 0 Å². The summed E-state index contributed by atoms with van der Waals surface area (Å²) in [6.07, 6.45) is -0.592. The van der Waals surface area contributed by atoms with Crippen molar-refractivity contribution in [2.24, 2.45) is 0 Å². The van der Waals surface area contributed by atoms with Crippen molar-refractivity contribution >= 4 is 12.2 Å². The predicted molar refractivity (Wildman–Crippen MR) is 105 cm³/mol. The Morgan fingerprint density at radius 1 is 0.786 bits per heavy atom. The molecular weight excluding hydrogens is 359 g/mol. The van der Waals surface area contributed by atoms with E-state index < -0.39 is 12.1 Å². The van der Waals surface area contributed by atoms with Crippen LogP contribution in [0.2, 0.25) is 0 Å². The Morgan fingerprint density at radius 2 is 1.32 bits per heavy atom. The SMILES string of the molecule is N#Cc1ccc(C=Cc2ccc(C[C@H](c3ccccc3)C(F)(F)F)cc2)cc1. The summed E-state index contributed by atoms with van der Waals surface area (Å²) in [4.78, 5) is 0. The van der Waals surface area contributed by atoms with E-state index in [-0.39, 0.29) is 12.0 Å². The van der Waals surface area contributed by atoms with Crippen molar-refractivity contribution < 1.29 is 13.2 Å². The molecule has 0 amide bonds. The minimum absolute atomic E-state index is 0.0901. The summed E-state index contributed by atoms with van der Waals surface area (Å²) in [5.74, 6) is -1.52. The maximum absolute atomic E-state index is 13.5. The number of halogens is 3. The molecule has 0 heterocycles. The van der Waals surface area contributed by atoms with Gasteiger partial charge in [0.25, 0.3) is 0 Å². The minimum Gasteiger partial charge on any atom is -0.192 e. The molecule has 3 rings (SSSR count). The third-order valence-electron chi connectivity index (χ3n) is 4.52. The average molecular weight is 377 g/mol. The third-order valence-corrected chi connectivity index (χ3v) is 4.52. The molecule has 28 heavy (non-hydrogen) atoms. The monoisotopic (exact) mass is 377 g/mol. The van der Waals surface area contributed by atoms with Crippen LogP contribution in [0.1, 0.15) is 33.7 Å². The van der Waals surface area contributed by atoms with Gasteiger partial charge in [0.15, 0.2) is 0 Å². The molecule has 0 aliphatic carbocycles. The molecule has 140 valence electrons. The van der Waals surface area contributed by atoms with Gasteiger partial charge in [-0.15, -0.1) is 0 Å². The largest absolute Gasteiger partial charge is 0.396 e. The van der Waals surface area contributed by atoms with Crippen molar-refractivity contribution in [2.45, 2.75) is 18.5 Å².